The van der Waals surface area contributed by atoms with Crippen LogP contribution < -0.4 is 16.4 Å². The maximum Gasteiger partial charge on any atom is 0.217 e. The lowest BCUT2D eigenvalue weighted by molar-refractivity contribution is -0.397. The Balaban J connectivity index is 1.78. The number of amides is 2. The highest BCUT2D eigenvalue weighted by Gasteiger charge is 2.57. The zero-order chi connectivity index (χ0) is 40.0. The first-order valence-corrected chi connectivity index (χ1v) is 17.6. The third-order valence-corrected chi connectivity index (χ3v) is 9.59. The Morgan fingerprint density at radius 2 is 1.07 bits per heavy atom. The third kappa shape index (κ3) is 10.2. The van der Waals surface area contributed by atoms with Crippen LogP contribution in [0.3, 0.4) is 0 Å². The summed E-state index contributed by atoms with van der Waals surface area (Å²) in [6.45, 7) is 1.36. The summed E-state index contributed by atoms with van der Waals surface area (Å²) in [5.74, 6) is -1.33. The summed E-state index contributed by atoms with van der Waals surface area (Å²) in [6, 6.07) is -2.88. The summed E-state index contributed by atoms with van der Waals surface area (Å²) in [4.78, 5) is 24.5. The van der Waals surface area contributed by atoms with Crippen molar-refractivity contribution in [3.05, 3.63) is 0 Å². The highest BCUT2D eigenvalue weighted by molar-refractivity contribution is 5.73. The summed E-state index contributed by atoms with van der Waals surface area (Å²) in [6.07, 6.45) is -29.8. The Morgan fingerprint density at radius 1 is 0.574 bits per heavy atom. The first kappa shape index (κ1) is 44.9. The molecule has 4 saturated heterocycles. The number of rotatable bonds is 15. The smallest absolute Gasteiger partial charge is 0.217 e. The minimum Gasteiger partial charge on any atom is -0.394 e. The van der Waals surface area contributed by atoms with Crippen molar-refractivity contribution in [3.63, 3.8) is 0 Å². The van der Waals surface area contributed by atoms with Gasteiger partial charge in [-0.1, -0.05) is 0 Å². The molecule has 0 radical (unpaired) electrons. The van der Waals surface area contributed by atoms with Crippen molar-refractivity contribution in [1.82, 2.24) is 10.6 Å². The number of carbonyl (C=O) groups is 2. The fraction of sp³-hybridized carbons (Fsp3) is 0.935. The standard InChI is InChI=1S/C31H55N3O20/c1-10-18(40)23(45)24(46)30(48-10)54-27-26(53-29-16(33-11(2)38)22(44)19(41)13(7-35)50-29)21(43)15(9-37)51-31(27)52-25-17(34-12(3)39)28(47-6-4-5-32)49-14(8-36)20(25)42/h10,13-31,35-37,40-46H,4-9,32H2,1-3H3,(H,33,38)(H,34,39)/t10-,13+,14+,15+,16+,17+,18+,19-,20+,21-,22+,23+,24-,25+,26-,27+,28+,29+,30-,31-/m0/s1. The second-order valence-electron chi connectivity index (χ2n) is 13.6. The molecule has 23 heteroatoms. The Bertz CT molecular complexity index is 1190. The van der Waals surface area contributed by atoms with Gasteiger partial charge in [-0.05, 0) is 19.9 Å². The second-order valence-corrected chi connectivity index (χ2v) is 13.6. The number of aliphatic hydroxyl groups is 10. The SMILES string of the molecule is CC(=O)N[C@H]1[C@@H](O[C@H]2[C@@H](O)[C@@H](CO)O[C@@H](O[C@H]3[C@H](O)[C@@H](CO)O[C@@H](OCCCN)[C@@H]3NC(C)=O)[C@@H]2O[C@@H]2O[C@@H](C)[C@@H](O)[C@@H](O)[C@@H]2O)O[C@H](CO)[C@H](O)[C@@H]1O. The van der Waals surface area contributed by atoms with Crippen LogP contribution in [-0.4, -0.2) is 219 Å². The van der Waals surface area contributed by atoms with E-state index in [1.165, 1.54) is 6.92 Å². The lowest BCUT2D eigenvalue weighted by Crippen LogP contribution is -2.70. The first-order chi connectivity index (χ1) is 25.6. The lowest BCUT2D eigenvalue weighted by atomic mass is 9.94. The molecule has 0 bridgehead atoms. The second kappa shape index (κ2) is 20.0. The Morgan fingerprint density at radius 3 is 1.65 bits per heavy atom. The number of aliphatic hydroxyl groups excluding tert-OH is 10. The predicted octanol–water partition coefficient (Wildman–Crippen LogP) is -8.06. The van der Waals surface area contributed by atoms with Crippen LogP contribution in [0.15, 0.2) is 0 Å². The van der Waals surface area contributed by atoms with Crippen LogP contribution in [0, 0.1) is 0 Å². The van der Waals surface area contributed by atoms with Crippen molar-refractivity contribution < 1.29 is 98.5 Å². The topological polar surface area (TPSA) is 360 Å². The van der Waals surface area contributed by atoms with E-state index >= 15 is 0 Å². The number of ether oxygens (including phenoxy) is 8. The zero-order valence-corrected chi connectivity index (χ0v) is 29.9. The number of hydrogen-bond acceptors (Lipinski definition) is 21. The van der Waals surface area contributed by atoms with Crippen LogP contribution in [0.2, 0.25) is 0 Å². The number of nitrogens with two attached hydrogens (primary N) is 1. The van der Waals surface area contributed by atoms with Gasteiger partial charge in [0.05, 0.1) is 32.5 Å². The van der Waals surface area contributed by atoms with E-state index in [-0.39, 0.29) is 13.2 Å². The molecule has 20 atom stereocenters. The van der Waals surface area contributed by atoms with Crippen LogP contribution in [0.1, 0.15) is 27.2 Å². The monoisotopic (exact) mass is 789 g/mol. The fourth-order valence-corrected chi connectivity index (χ4v) is 6.67. The maximum atomic E-state index is 12.4. The van der Waals surface area contributed by atoms with Crippen LogP contribution in [0.4, 0.5) is 0 Å². The number of carbonyl (C=O) groups excluding carboxylic acids is 2. The molecule has 4 fully saturated rings. The molecule has 0 saturated carbocycles. The fourth-order valence-electron chi connectivity index (χ4n) is 6.67. The zero-order valence-electron chi connectivity index (χ0n) is 29.9. The molecule has 0 aliphatic carbocycles. The van der Waals surface area contributed by atoms with E-state index in [4.69, 9.17) is 43.6 Å². The van der Waals surface area contributed by atoms with Crippen molar-refractivity contribution in [3.8, 4) is 0 Å². The quantitative estimate of drug-likeness (QED) is 0.0685. The molecule has 0 aromatic rings. The molecule has 0 aromatic carbocycles. The third-order valence-electron chi connectivity index (χ3n) is 9.59. The Kier molecular flexibility index (Phi) is 16.7. The van der Waals surface area contributed by atoms with Gasteiger partial charge in [0.15, 0.2) is 25.2 Å². The van der Waals surface area contributed by atoms with E-state index in [9.17, 15) is 60.7 Å². The van der Waals surface area contributed by atoms with Gasteiger partial charge in [-0.15, -0.1) is 0 Å². The largest absolute Gasteiger partial charge is 0.394 e. The van der Waals surface area contributed by atoms with Gasteiger partial charge in [0.2, 0.25) is 11.8 Å². The molecule has 23 nitrogen and oxygen atoms in total. The van der Waals surface area contributed by atoms with E-state index in [0.717, 1.165) is 13.8 Å². The molecule has 0 spiro atoms. The van der Waals surface area contributed by atoms with Gasteiger partial charge in [0, 0.05) is 13.8 Å². The van der Waals surface area contributed by atoms with E-state index in [0.29, 0.717) is 6.42 Å². The summed E-state index contributed by atoms with van der Waals surface area (Å²) < 4.78 is 47.2. The van der Waals surface area contributed by atoms with Gasteiger partial charge < -0.3 is 105 Å². The first-order valence-electron chi connectivity index (χ1n) is 17.6. The molecule has 14 N–H and O–H groups in total. The molecule has 54 heavy (non-hydrogen) atoms. The van der Waals surface area contributed by atoms with Gasteiger partial charge >= 0.3 is 0 Å². The van der Waals surface area contributed by atoms with Crippen LogP contribution >= 0.6 is 0 Å². The van der Waals surface area contributed by atoms with Gasteiger partial charge in [-0.2, -0.15) is 0 Å². The molecule has 0 aromatic heterocycles. The van der Waals surface area contributed by atoms with Crippen molar-refractivity contribution in [1.29, 1.82) is 0 Å². The minimum atomic E-state index is -1.95. The average molecular weight is 790 g/mol. The predicted molar refractivity (Wildman–Crippen MR) is 173 cm³/mol. The van der Waals surface area contributed by atoms with E-state index in [1.54, 1.807) is 0 Å². The average Bonchev–Trinajstić information content (AvgIpc) is 3.13. The van der Waals surface area contributed by atoms with Crippen molar-refractivity contribution in [2.24, 2.45) is 5.73 Å². The number of hydrogen-bond donors (Lipinski definition) is 13. The van der Waals surface area contributed by atoms with Gasteiger partial charge in [-0.25, -0.2) is 0 Å². The van der Waals surface area contributed by atoms with Gasteiger partial charge in [0.1, 0.15) is 91.4 Å². The molecule has 4 heterocycles. The molecular formula is C31H55N3O20. The van der Waals surface area contributed by atoms with E-state index in [1.807, 2.05) is 0 Å². The molecule has 314 valence electrons. The van der Waals surface area contributed by atoms with E-state index in [2.05, 4.69) is 10.6 Å². The van der Waals surface area contributed by atoms with Crippen molar-refractivity contribution >= 4 is 11.8 Å². The lowest BCUT2D eigenvalue weighted by Gasteiger charge is -2.51. The van der Waals surface area contributed by atoms with Crippen LogP contribution in [-0.2, 0) is 47.5 Å². The molecule has 2 amide bonds. The maximum absolute atomic E-state index is 12.4. The molecule has 4 aliphatic rings. The molecule has 4 aliphatic heterocycles. The van der Waals surface area contributed by atoms with Crippen molar-refractivity contribution in [2.75, 3.05) is 33.0 Å². The summed E-state index contributed by atoms with van der Waals surface area (Å²) >= 11 is 0. The van der Waals surface area contributed by atoms with Gasteiger partial charge in [0.25, 0.3) is 0 Å². The van der Waals surface area contributed by atoms with Crippen LogP contribution in [0.5, 0.6) is 0 Å². The summed E-state index contributed by atoms with van der Waals surface area (Å²) in [5.41, 5.74) is 5.59. The Labute approximate surface area is 309 Å². The summed E-state index contributed by atoms with van der Waals surface area (Å²) in [7, 11) is 0. The summed E-state index contributed by atoms with van der Waals surface area (Å²) in [5, 5.41) is 111. The highest BCUT2D eigenvalue weighted by atomic mass is 16.8. The normalized spacial score (nSPS) is 45.8. The molecule has 0 unspecified atom stereocenters. The Hall–Kier alpha value is -1.82. The molecular weight excluding hydrogens is 734 g/mol. The van der Waals surface area contributed by atoms with E-state index < -0.39 is 154 Å². The van der Waals surface area contributed by atoms with Crippen LogP contribution in [0.25, 0.3) is 0 Å². The number of nitrogens with one attached hydrogen (secondary N) is 2. The van der Waals surface area contributed by atoms with Crippen molar-refractivity contribution in [2.45, 2.75) is 150 Å². The molecule has 4 rings (SSSR count). The minimum absolute atomic E-state index is 0.0219. The van der Waals surface area contributed by atoms with Gasteiger partial charge in [-0.3, -0.25) is 9.59 Å². The highest BCUT2D eigenvalue weighted by Crippen LogP contribution is 2.36.